The maximum atomic E-state index is 10.7. The van der Waals surface area contributed by atoms with Crippen molar-refractivity contribution in [3.8, 4) is 0 Å². The number of aliphatic carboxylic acids is 1. The van der Waals surface area contributed by atoms with Gasteiger partial charge in [-0.25, -0.2) is 0 Å². The van der Waals surface area contributed by atoms with Crippen LogP contribution in [0, 0.1) is 11.8 Å². The Morgan fingerprint density at radius 2 is 2.40 bits per heavy atom. The molecule has 1 fully saturated rings. The monoisotopic (exact) mass is 143 g/mol. The van der Waals surface area contributed by atoms with Crippen molar-refractivity contribution >= 4 is 11.9 Å². The van der Waals surface area contributed by atoms with Crippen LogP contribution >= 0.6 is 0 Å². The van der Waals surface area contributed by atoms with Gasteiger partial charge in [-0.05, 0) is 0 Å². The molecule has 56 valence electrons. The Bertz CT molecular complexity index is 178. The van der Waals surface area contributed by atoms with Crippen LogP contribution in [0.3, 0.4) is 0 Å². The molecule has 0 radical (unpaired) electrons. The van der Waals surface area contributed by atoms with Crippen LogP contribution in [0.5, 0.6) is 0 Å². The molecule has 1 aliphatic rings. The highest BCUT2D eigenvalue weighted by molar-refractivity contribution is 5.87. The predicted molar refractivity (Wildman–Crippen MR) is 33.3 cm³/mol. The fraction of sp³-hybridized carbons (Fsp3) is 0.667. The fourth-order valence-corrected chi connectivity index (χ4v) is 1.03. The van der Waals surface area contributed by atoms with Crippen molar-refractivity contribution in [2.24, 2.45) is 11.8 Å². The van der Waals surface area contributed by atoms with E-state index < -0.39 is 11.9 Å². The van der Waals surface area contributed by atoms with E-state index in [-0.39, 0.29) is 18.4 Å². The zero-order chi connectivity index (χ0) is 7.72. The second-order valence-electron chi connectivity index (χ2n) is 2.48. The summed E-state index contributed by atoms with van der Waals surface area (Å²) in [5.74, 6) is -1.97. The summed E-state index contributed by atoms with van der Waals surface area (Å²) in [6.45, 7) is 1.90. The third-order valence-corrected chi connectivity index (χ3v) is 1.83. The van der Waals surface area contributed by atoms with E-state index in [2.05, 4.69) is 5.32 Å². The number of carbonyl (C=O) groups excluding carboxylic acids is 1. The molecule has 0 aliphatic carbocycles. The SMILES string of the molecule is CC1C(=O)NCC1C(=O)O. The van der Waals surface area contributed by atoms with Gasteiger partial charge in [-0.3, -0.25) is 9.59 Å². The standard InChI is InChI=1S/C6H9NO3/c1-3-4(6(9)10)2-7-5(3)8/h3-4H,2H2,1H3,(H,7,8)(H,9,10). The highest BCUT2D eigenvalue weighted by atomic mass is 16.4. The zero-order valence-electron chi connectivity index (χ0n) is 5.63. The first-order valence-corrected chi connectivity index (χ1v) is 3.13. The molecule has 0 bridgehead atoms. The first kappa shape index (κ1) is 7.05. The van der Waals surface area contributed by atoms with Gasteiger partial charge >= 0.3 is 5.97 Å². The van der Waals surface area contributed by atoms with Gasteiger partial charge in [0.1, 0.15) is 0 Å². The summed E-state index contributed by atoms with van der Waals surface area (Å²) in [6.07, 6.45) is 0. The molecule has 0 aromatic carbocycles. The third kappa shape index (κ3) is 0.964. The van der Waals surface area contributed by atoms with Gasteiger partial charge in [0.2, 0.25) is 5.91 Å². The summed E-state index contributed by atoms with van der Waals surface area (Å²) in [6, 6.07) is 0. The van der Waals surface area contributed by atoms with Crippen LogP contribution < -0.4 is 5.32 Å². The van der Waals surface area contributed by atoms with Gasteiger partial charge in [0.25, 0.3) is 0 Å². The van der Waals surface area contributed by atoms with E-state index in [0.29, 0.717) is 0 Å². The van der Waals surface area contributed by atoms with Gasteiger partial charge in [-0.2, -0.15) is 0 Å². The lowest BCUT2D eigenvalue weighted by Gasteiger charge is -2.03. The molecule has 1 amide bonds. The third-order valence-electron chi connectivity index (χ3n) is 1.83. The molecule has 2 unspecified atom stereocenters. The highest BCUT2D eigenvalue weighted by Gasteiger charge is 2.35. The molecular weight excluding hydrogens is 134 g/mol. The molecular formula is C6H9NO3. The summed E-state index contributed by atoms with van der Waals surface area (Å²) in [7, 11) is 0. The molecule has 1 aliphatic heterocycles. The molecule has 2 atom stereocenters. The van der Waals surface area contributed by atoms with E-state index in [4.69, 9.17) is 5.11 Å². The van der Waals surface area contributed by atoms with Crippen molar-refractivity contribution in [2.45, 2.75) is 6.92 Å². The number of hydrogen-bond acceptors (Lipinski definition) is 2. The first-order valence-electron chi connectivity index (χ1n) is 3.13. The highest BCUT2D eigenvalue weighted by Crippen LogP contribution is 2.16. The smallest absolute Gasteiger partial charge is 0.309 e. The summed E-state index contributed by atoms with van der Waals surface area (Å²) < 4.78 is 0. The Morgan fingerprint density at radius 3 is 2.60 bits per heavy atom. The van der Waals surface area contributed by atoms with E-state index in [0.717, 1.165) is 0 Å². The summed E-state index contributed by atoms with van der Waals surface area (Å²) in [5, 5.41) is 11.0. The molecule has 4 heteroatoms. The van der Waals surface area contributed by atoms with Crippen LogP contribution in [0.15, 0.2) is 0 Å². The minimum absolute atomic E-state index is 0.160. The van der Waals surface area contributed by atoms with Crippen molar-refractivity contribution in [3.63, 3.8) is 0 Å². The van der Waals surface area contributed by atoms with Crippen LogP contribution in [0.25, 0.3) is 0 Å². The maximum absolute atomic E-state index is 10.7. The quantitative estimate of drug-likeness (QED) is 0.517. The van der Waals surface area contributed by atoms with Gasteiger partial charge in [-0.15, -0.1) is 0 Å². The van der Waals surface area contributed by atoms with E-state index in [9.17, 15) is 9.59 Å². The normalized spacial score (nSPS) is 31.9. The molecule has 1 heterocycles. The summed E-state index contributed by atoms with van der Waals surface area (Å²) in [5.41, 5.74) is 0. The minimum Gasteiger partial charge on any atom is -0.481 e. The number of carboxylic acid groups (broad SMARTS) is 1. The molecule has 0 spiro atoms. The second kappa shape index (κ2) is 2.28. The Balaban J connectivity index is 2.66. The Labute approximate surface area is 58.2 Å². The van der Waals surface area contributed by atoms with Crippen LogP contribution in [0.1, 0.15) is 6.92 Å². The molecule has 0 saturated carbocycles. The minimum atomic E-state index is -0.897. The van der Waals surface area contributed by atoms with Crippen molar-refractivity contribution in [2.75, 3.05) is 6.54 Å². The largest absolute Gasteiger partial charge is 0.481 e. The van der Waals surface area contributed by atoms with Crippen LogP contribution in [0.2, 0.25) is 0 Å². The van der Waals surface area contributed by atoms with Crippen LogP contribution in [-0.2, 0) is 9.59 Å². The molecule has 4 nitrogen and oxygen atoms in total. The molecule has 0 aromatic rings. The van der Waals surface area contributed by atoms with Gasteiger partial charge < -0.3 is 10.4 Å². The number of rotatable bonds is 1. The van der Waals surface area contributed by atoms with Crippen molar-refractivity contribution in [1.82, 2.24) is 5.32 Å². The number of amides is 1. The van der Waals surface area contributed by atoms with E-state index in [1.165, 1.54) is 0 Å². The predicted octanol–water partition coefficient (Wildman–Crippen LogP) is -0.547. The lowest BCUT2D eigenvalue weighted by molar-refractivity contribution is -0.143. The van der Waals surface area contributed by atoms with Gasteiger partial charge in [-0.1, -0.05) is 6.92 Å². The zero-order valence-corrected chi connectivity index (χ0v) is 5.63. The molecule has 0 aromatic heterocycles. The van der Waals surface area contributed by atoms with Crippen LogP contribution in [0.4, 0.5) is 0 Å². The van der Waals surface area contributed by atoms with Gasteiger partial charge in [0.15, 0.2) is 0 Å². The van der Waals surface area contributed by atoms with Gasteiger partial charge in [0, 0.05) is 6.54 Å². The van der Waals surface area contributed by atoms with Crippen molar-refractivity contribution in [1.29, 1.82) is 0 Å². The molecule has 1 rings (SSSR count). The number of nitrogens with one attached hydrogen (secondary N) is 1. The lowest BCUT2D eigenvalue weighted by atomic mass is 9.98. The lowest BCUT2D eigenvalue weighted by Crippen LogP contribution is -2.20. The first-order chi connectivity index (χ1) is 4.63. The van der Waals surface area contributed by atoms with Gasteiger partial charge in [0.05, 0.1) is 11.8 Å². The molecule has 10 heavy (non-hydrogen) atoms. The Hall–Kier alpha value is -1.06. The van der Waals surface area contributed by atoms with E-state index in [1.807, 2.05) is 0 Å². The van der Waals surface area contributed by atoms with E-state index in [1.54, 1.807) is 6.92 Å². The summed E-state index contributed by atoms with van der Waals surface area (Å²) in [4.78, 5) is 21.1. The van der Waals surface area contributed by atoms with Crippen molar-refractivity contribution < 1.29 is 14.7 Å². The Kier molecular flexibility index (Phi) is 1.61. The Morgan fingerprint density at radius 1 is 1.80 bits per heavy atom. The average Bonchev–Trinajstić information content (AvgIpc) is 2.14. The van der Waals surface area contributed by atoms with E-state index >= 15 is 0 Å². The number of carbonyl (C=O) groups is 2. The summed E-state index contributed by atoms with van der Waals surface area (Å²) >= 11 is 0. The van der Waals surface area contributed by atoms with Crippen molar-refractivity contribution in [3.05, 3.63) is 0 Å². The number of carboxylic acids is 1. The maximum Gasteiger partial charge on any atom is 0.309 e. The topological polar surface area (TPSA) is 66.4 Å². The number of hydrogen-bond donors (Lipinski definition) is 2. The average molecular weight is 143 g/mol. The fourth-order valence-electron chi connectivity index (χ4n) is 1.03. The molecule has 1 saturated heterocycles. The van der Waals surface area contributed by atoms with Crippen LogP contribution in [-0.4, -0.2) is 23.5 Å². The second-order valence-corrected chi connectivity index (χ2v) is 2.48. The molecule has 2 N–H and O–H groups in total.